The highest BCUT2D eigenvalue weighted by atomic mass is 127. The summed E-state index contributed by atoms with van der Waals surface area (Å²) in [5, 5.41) is 3.47. The molecule has 170 valence electrons. The first-order valence-corrected chi connectivity index (χ1v) is 10.5. The highest BCUT2D eigenvalue weighted by Gasteiger charge is 2.20. The van der Waals surface area contributed by atoms with Crippen molar-refractivity contribution in [1.82, 2.24) is 25.1 Å². The van der Waals surface area contributed by atoms with E-state index >= 15 is 0 Å². The predicted octanol–water partition coefficient (Wildman–Crippen LogP) is 2.32. The Hall–Kier alpha value is -2.14. The fraction of sp³-hybridized carbons (Fsp3) is 0.500. The molecule has 0 saturated carbocycles. The molecule has 9 heteroatoms. The van der Waals surface area contributed by atoms with Crippen LogP contribution in [0.15, 0.2) is 47.7 Å². The van der Waals surface area contributed by atoms with Gasteiger partial charge in [-0.2, -0.15) is 0 Å². The second kappa shape index (κ2) is 13.3. The number of guanidine groups is 1. The first-order valence-electron chi connectivity index (χ1n) is 10.5. The fourth-order valence-electron chi connectivity index (χ4n) is 3.36. The molecule has 1 aromatic heterocycles. The summed E-state index contributed by atoms with van der Waals surface area (Å²) in [5.74, 6) is 2.64. The maximum atomic E-state index is 5.81. The molecule has 0 spiro atoms. The molecule has 1 N–H and O–H groups in total. The zero-order valence-electron chi connectivity index (χ0n) is 18.7. The van der Waals surface area contributed by atoms with Crippen molar-refractivity contribution < 1.29 is 4.74 Å². The second-order valence-corrected chi connectivity index (χ2v) is 7.57. The van der Waals surface area contributed by atoms with Gasteiger partial charge in [0.05, 0.1) is 6.61 Å². The summed E-state index contributed by atoms with van der Waals surface area (Å²) in [6.07, 6.45) is 4.60. The lowest BCUT2D eigenvalue weighted by atomic mass is 10.2. The molecule has 0 atom stereocenters. The molecule has 2 aromatic rings. The first kappa shape index (κ1) is 25.1. The number of aromatic nitrogens is 2. The minimum Gasteiger partial charge on any atom is -0.494 e. The average molecular weight is 539 g/mol. The van der Waals surface area contributed by atoms with Crippen LogP contribution in [0.5, 0.6) is 5.75 Å². The van der Waals surface area contributed by atoms with Gasteiger partial charge in [-0.05, 0) is 44.3 Å². The molecule has 1 saturated heterocycles. The van der Waals surface area contributed by atoms with Crippen LogP contribution in [-0.2, 0) is 6.54 Å². The lowest BCUT2D eigenvalue weighted by Crippen LogP contribution is -2.52. The Morgan fingerprint density at radius 3 is 2.39 bits per heavy atom. The summed E-state index contributed by atoms with van der Waals surface area (Å²) in [5.41, 5.74) is 1.20. The van der Waals surface area contributed by atoms with Gasteiger partial charge >= 0.3 is 0 Å². The molecule has 1 aliphatic heterocycles. The topological polar surface area (TPSA) is 69.1 Å². The van der Waals surface area contributed by atoms with Gasteiger partial charge in [-0.1, -0.05) is 12.1 Å². The van der Waals surface area contributed by atoms with Crippen LogP contribution in [0.25, 0.3) is 0 Å². The van der Waals surface area contributed by atoms with Crippen LogP contribution in [0.1, 0.15) is 12.0 Å². The molecule has 0 bridgehead atoms. The van der Waals surface area contributed by atoms with Crippen LogP contribution in [0.2, 0.25) is 0 Å². The summed E-state index contributed by atoms with van der Waals surface area (Å²) in [6.45, 7) is 6.04. The molecule has 0 amide bonds. The summed E-state index contributed by atoms with van der Waals surface area (Å²) < 4.78 is 5.81. The van der Waals surface area contributed by atoms with Crippen LogP contribution in [0, 0.1) is 0 Å². The van der Waals surface area contributed by atoms with Crippen molar-refractivity contribution in [3.63, 3.8) is 0 Å². The van der Waals surface area contributed by atoms with E-state index in [2.05, 4.69) is 61.2 Å². The number of nitrogens with one attached hydrogen (secondary N) is 1. The van der Waals surface area contributed by atoms with Gasteiger partial charge in [-0.15, -0.1) is 24.0 Å². The third kappa shape index (κ3) is 8.13. The Bertz CT molecular complexity index is 778. The molecule has 0 unspecified atom stereocenters. The number of hydrogen-bond donors (Lipinski definition) is 1. The van der Waals surface area contributed by atoms with E-state index in [-0.39, 0.29) is 24.0 Å². The number of rotatable bonds is 8. The quantitative estimate of drug-likeness (QED) is 0.239. The number of benzene rings is 1. The Balaban J connectivity index is 0.00000341. The minimum absolute atomic E-state index is 0. The van der Waals surface area contributed by atoms with Crippen LogP contribution in [0.4, 0.5) is 5.95 Å². The number of aliphatic imine (C=N–C) groups is 1. The lowest BCUT2D eigenvalue weighted by Gasteiger charge is -2.36. The fourth-order valence-corrected chi connectivity index (χ4v) is 3.36. The van der Waals surface area contributed by atoms with Crippen molar-refractivity contribution in [3.8, 4) is 5.75 Å². The predicted molar refractivity (Wildman–Crippen MR) is 137 cm³/mol. The Kier molecular flexibility index (Phi) is 10.8. The standard InChI is InChI=1S/C22H33N7O.HI/c1-23-21(28-13-15-29(16-14-28)22-24-10-4-11-25-22)26-18-19-6-8-20(9-7-19)30-17-5-12-27(2)3;/h4,6-11H,5,12-18H2,1-3H3,(H,23,26);1H. The Morgan fingerprint density at radius 2 is 1.77 bits per heavy atom. The van der Waals surface area contributed by atoms with Crippen molar-refractivity contribution in [2.45, 2.75) is 13.0 Å². The molecular weight excluding hydrogens is 505 g/mol. The van der Waals surface area contributed by atoms with E-state index in [0.29, 0.717) is 0 Å². The summed E-state index contributed by atoms with van der Waals surface area (Å²) in [6, 6.07) is 10.1. The molecule has 1 aliphatic rings. The van der Waals surface area contributed by atoms with Crippen molar-refractivity contribution in [1.29, 1.82) is 0 Å². The van der Waals surface area contributed by atoms with E-state index < -0.39 is 0 Å². The van der Waals surface area contributed by atoms with Gasteiger partial charge in [-0.3, -0.25) is 4.99 Å². The van der Waals surface area contributed by atoms with E-state index in [0.717, 1.165) is 70.0 Å². The van der Waals surface area contributed by atoms with Gasteiger partial charge in [0.1, 0.15) is 5.75 Å². The number of halogens is 1. The summed E-state index contributed by atoms with van der Waals surface area (Å²) in [4.78, 5) is 19.8. The highest BCUT2D eigenvalue weighted by Crippen LogP contribution is 2.13. The highest BCUT2D eigenvalue weighted by molar-refractivity contribution is 14.0. The molecule has 3 rings (SSSR count). The maximum Gasteiger partial charge on any atom is 0.225 e. The third-order valence-electron chi connectivity index (χ3n) is 5.02. The molecule has 2 heterocycles. The zero-order chi connectivity index (χ0) is 21.2. The molecule has 1 aromatic carbocycles. The minimum atomic E-state index is 0. The van der Waals surface area contributed by atoms with E-state index in [9.17, 15) is 0 Å². The smallest absolute Gasteiger partial charge is 0.225 e. The van der Waals surface area contributed by atoms with Crippen LogP contribution in [-0.4, -0.2) is 86.2 Å². The van der Waals surface area contributed by atoms with Gasteiger partial charge in [0.2, 0.25) is 5.95 Å². The summed E-state index contributed by atoms with van der Waals surface area (Å²) in [7, 11) is 5.99. The van der Waals surface area contributed by atoms with E-state index in [1.165, 1.54) is 5.56 Å². The molecule has 0 radical (unpaired) electrons. The number of ether oxygens (including phenoxy) is 1. The van der Waals surface area contributed by atoms with E-state index in [4.69, 9.17) is 4.74 Å². The van der Waals surface area contributed by atoms with Crippen LogP contribution in [0.3, 0.4) is 0 Å². The first-order chi connectivity index (χ1) is 14.7. The molecule has 8 nitrogen and oxygen atoms in total. The number of piperazine rings is 1. The van der Waals surface area contributed by atoms with Gasteiger partial charge in [-0.25, -0.2) is 9.97 Å². The number of nitrogens with zero attached hydrogens (tertiary/aromatic N) is 6. The van der Waals surface area contributed by atoms with Gasteiger partial charge in [0.15, 0.2) is 5.96 Å². The SMILES string of the molecule is CN=C(NCc1ccc(OCCCN(C)C)cc1)N1CCN(c2ncccn2)CC1.I. The van der Waals surface area contributed by atoms with Crippen LogP contribution < -0.4 is 15.0 Å². The van der Waals surface area contributed by atoms with E-state index in [1.807, 2.05) is 25.2 Å². The normalized spacial score (nSPS) is 14.4. The lowest BCUT2D eigenvalue weighted by molar-refractivity contribution is 0.281. The van der Waals surface area contributed by atoms with Gasteiger partial charge < -0.3 is 24.8 Å². The van der Waals surface area contributed by atoms with Gasteiger partial charge in [0.25, 0.3) is 0 Å². The maximum absolute atomic E-state index is 5.81. The Labute approximate surface area is 202 Å². The van der Waals surface area contributed by atoms with Crippen molar-refractivity contribution >= 4 is 35.9 Å². The van der Waals surface area contributed by atoms with Crippen molar-refractivity contribution in [2.24, 2.45) is 4.99 Å². The van der Waals surface area contributed by atoms with Gasteiger partial charge in [0, 0.05) is 58.7 Å². The largest absolute Gasteiger partial charge is 0.494 e. The molecule has 0 aliphatic carbocycles. The van der Waals surface area contributed by atoms with Crippen LogP contribution >= 0.6 is 24.0 Å². The molecule has 31 heavy (non-hydrogen) atoms. The molecule has 1 fully saturated rings. The Morgan fingerprint density at radius 1 is 1.10 bits per heavy atom. The number of hydrogen-bond acceptors (Lipinski definition) is 6. The monoisotopic (exact) mass is 539 g/mol. The van der Waals surface area contributed by atoms with E-state index in [1.54, 1.807) is 12.4 Å². The van der Waals surface area contributed by atoms with Crippen molar-refractivity contribution in [3.05, 3.63) is 48.3 Å². The molecular formula is C22H34IN7O. The number of anilines is 1. The van der Waals surface area contributed by atoms with Crippen molar-refractivity contribution in [2.75, 3.05) is 65.4 Å². The third-order valence-corrected chi connectivity index (χ3v) is 5.02. The zero-order valence-corrected chi connectivity index (χ0v) is 21.0. The second-order valence-electron chi connectivity index (χ2n) is 7.57. The average Bonchev–Trinajstić information content (AvgIpc) is 2.79. The summed E-state index contributed by atoms with van der Waals surface area (Å²) >= 11 is 0.